The van der Waals surface area contributed by atoms with Gasteiger partial charge in [-0.15, -0.1) is 5.10 Å². The minimum absolute atomic E-state index is 0.158. The third kappa shape index (κ3) is 5.25. The average Bonchev–Trinajstić information content (AvgIpc) is 3.33. The molecule has 0 saturated carbocycles. The van der Waals surface area contributed by atoms with E-state index in [4.69, 9.17) is 26.4 Å². The van der Waals surface area contributed by atoms with Crippen molar-refractivity contribution in [3.8, 4) is 5.75 Å². The van der Waals surface area contributed by atoms with Gasteiger partial charge in [-0.3, -0.25) is 4.79 Å². The van der Waals surface area contributed by atoms with Crippen molar-refractivity contribution >= 4 is 51.0 Å². The average molecular weight is 608 g/mol. The second-order valence-corrected chi connectivity index (χ2v) is 11.5. The van der Waals surface area contributed by atoms with Gasteiger partial charge < -0.3 is 10.1 Å². The molecule has 1 N–H and O–H groups in total. The lowest BCUT2D eigenvalue weighted by atomic mass is 9.85. The molecule has 1 aliphatic heterocycles. The van der Waals surface area contributed by atoms with Crippen molar-refractivity contribution in [1.29, 1.82) is 0 Å². The van der Waals surface area contributed by atoms with Crippen molar-refractivity contribution in [2.75, 3.05) is 5.32 Å². The van der Waals surface area contributed by atoms with Gasteiger partial charge in [-0.05, 0) is 59.9 Å². The van der Waals surface area contributed by atoms with E-state index in [9.17, 15) is 4.79 Å². The van der Waals surface area contributed by atoms with E-state index in [1.165, 1.54) is 11.8 Å². The van der Waals surface area contributed by atoms with Gasteiger partial charge in [0, 0.05) is 32.9 Å². The third-order valence-corrected chi connectivity index (χ3v) is 8.40. The van der Waals surface area contributed by atoms with Gasteiger partial charge in [-0.1, -0.05) is 81.8 Å². The summed E-state index contributed by atoms with van der Waals surface area (Å²) in [6.07, 6.45) is 2.20. The lowest BCUT2D eigenvalue weighted by Crippen LogP contribution is -2.31. The van der Waals surface area contributed by atoms with Gasteiger partial charge in [0.1, 0.15) is 18.4 Å². The molecule has 4 aromatic rings. The summed E-state index contributed by atoms with van der Waals surface area (Å²) < 4.78 is 8.88. The highest BCUT2D eigenvalue weighted by Crippen LogP contribution is 2.41. The maximum atomic E-state index is 13.1. The van der Waals surface area contributed by atoms with Crippen molar-refractivity contribution < 1.29 is 9.53 Å². The normalized spacial score (nSPS) is 16.6. The van der Waals surface area contributed by atoms with Crippen LogP contribution in [0.25, 0.3) is 0 Å². The number of nitrogens with zero attached hydrogens (tertiary/aromatic N) is 3. The number of carbonyl (C=O) groups is 1. The van der Waals surface area contributed by atoms with Gasteiger partial charge >= 0.3 is 0 Å². The zero-order chi connectivity index (χ0) is 26.1. The van der Waals surface area contributed by atoms with Crippen LogP contribution in [0.1, 0.15) is 42.0 Å². The van der Waals surface area contributed by atoms with Crippen molar-refractivity contribution in [3.05, 3.63) is 110 Å². The van der Waals surface area contributed by atoms with Crippen LogP contribution in [0.5, 0.6) is 5.75 Å². The fourth-order valence-corrected chi connectivity index (χ4v) is 6.36. The Morgan fingerprint density at radius 1 is 1.08 bits per heavy atom. The van der Waals surface area contributed by atoms with Gasteiger partial charge in [-0.2, -0.15) is 4.98 Å². The Morgan fingerprint density at radius 2 is 1.92 bits per heavy atom. The van der Waals surface area contributed by atoms with Crippen LogP contribution < -0.4 is 10.1 Å². The Morgan fingerprint density at radius 3 is 2.74 bits per heavy atom. The molecule has 38 heavy (non-hydrogen) atoms. The summed E-state index contributed by atoms with van der Waals surface area (Å²) in [6, 6.07) is 23.4. The van der Waals surface area contributed by atoms with Crippen molar-refractivity contribution in [2.24, 2.45) is 0 Å². The molecule has 6 nitrogen and oxygen atoms in total. The SMILES string of the molecule is O=C1CCCC2=C1C(c1ccc(OCc3cccc(Br)c3)cc1)n1nc(SCc3ccccc3Cl)nc1N2. The predicted molar refractivity (Wildman–Crippen MR) is 154 cm³/mol. The third-order valence-electron chi connectivity index (χ3n) is 6.65. The Kier molecular flexibility index (Phi) is 7.28. The molecule has 0 spiro atoms. The van der Waals surface area contributed by atoms with Gasteiger partial charge in [0.15, 0.2) is 5.78 Å². The number of ketones is 1. The zero-order valence-corrected chi connectivity index (χ0v) is 23.5. The Hall–Kier alpha value is -3.07. The van der Waals surface area contributed by atoms with E-state index < -0.39 is 0 Å². The van der Waals surface area contributed by atoms with Crippen molar-refractivity contribution in [1.82, 2.24) is 14.8 Å². The first-order valence-electron chi connectivity index (χ1n) is 12.4. The number of Topliss-reactive ketones (excluding diaryl/α,β-unsaturated/α-hetero) is 1. The van der Waals surface area contributed by atoms with Crippen molar-refractivity contribution in [2.45, 2.75) is 42.8 Å². The number of anilines is 1. The molecule has 6 rings (SSSR count). The number of halogens is 2. The van der Waals surface area contributed by atoms with Gasteiger partial charge in [-0.25, -0.2) is 4.68 Å². The fraction of sp³-hybridized carbons (Fsp3) is 0.207. The lowest BCUT2D eigenvalue weighted by Gasteiger charge is -2.32. The summed E-state index contributed by atoms with van der Waals surface area (Å²) >= 11 is 11.4. The number of nitrogens with one attached hydrogen (secondary N) is 1. The van der Waals surface area contributed by atoms with Crippen LogP contribution >= 0.6 is 39.3 Å². The van der Waals surface area contributed by atoms with E-state index in [1.54, 1.807) is 0 Å². The predicted octanol–water partition coefficient (Wildman–Crippen LogP) is 7.59. The number of hydrogen-bond acceptors (Lipinski definition) is 6. The second-order valence-electron chi connectivity index (χ2n) is 9.23. The molecule has 3 aromatic carbocycles. The topological polar surface area (TPSA) is 69.0 Å². The monoisotopic (exact) mass is 606 g/mol. The quantitative estimate of drug-likeness (QED) is 0.218. The minimum Gasteiger partial charge on any atom is -0.489 e. The Bertz CT molecular complexity index is 1540. The number of aromatic nitrogens is 3. The van der Waals surface area contributed by atoms with Crippen LogP contribution in [0.15, 0.2) is 93.7 Å². The second kappa shape index (κ2) is 11.0. The fourth-order valence-electron chi connectivity index (χ4n) is 4.80. The van der Waals surface area contributed by atoms with Crippen LogP contribution in [0.3, 0.4) is 0 Å². The van der Waals surface area contributed by atoms with E-state index in [1.807, 2.05) is 77.5 Å². The summed E-state index contributed by atoms with van der Waals surface area (Å²) in [7, 11) is 0. The number of benzene rings is 3. The molecule has 1 aliphatic carbocycles. The molecular formula is C29H24BrClN4O2S. The standard InChI is InChI=1S/C29H24BrClN4O2S/c30-21-7-3-5-18(15-21)16-37-22-13-11-19(12-14-22)27-26-24(9-4-10-25(26)36)32-28-33-29(34-35(27)28)38-17-20-6-1-2-8-23(20)31/h1-3,5-8,11-15,27H,4,9-10,16-17H2,(H,32,33,34). The van der Waals surface area contributed by atoms with Crippen LogP contribution in [0.2, 0.25) is 5.02 Å². The minimum atomic E-state index is -0.338. The maximum Gasteiger partial charge on any atom is 0.227 e. The number of rotatable bonds is 7. The van der Waals surface area contributed by atoms with Gasteiger partial charge in [0.25, 0.3) is 0 Å². The number of ether oxygens (including phenoxy) is 1. The number of allylic oxidation sites excluding steroid dienone is 2. The first-order chi connectivity index (χ1) is 18.5. The van der Waals surface area contributed by atoms with E-state index in [-0.39, 0.29) is 11.8 Å². The molecule has 9 heteroatoms. The van der Waals surface area contributed by atoms with Crippen LogP contribution in [-0.4, -0.2) is 20.5 Å². The molecule has 0 amide bonds. The highest BCUT2D eigenvalue weighted by atomic mass is 79.9. The molecule has 1 atom stereocenters. The van der Waals surface area contributed by atoms with E-state index in [0.717, 1.165) is 56.0 Å². The smallest absolute Gasteiger partial charge is 0.227 e. The molecule has 0 fully saturated rings. The molecule has 2 heterocycles. The summed E-state index contributed by atoms with van der Waals surface area (Å²) in [5.74, 6) is 2.23. The molecule has 1 aromatic heterocycles. The molecule has 0 saturated heterocycles. The molecule has 0 radical (unpaired) electrons. The summed E-state index contributed by atoms with van der Waals surface area (Å²) in [5, 5.41) is 9.58. The summed E-state index contributed by atoms with van der Waals surface area (Å²) in [5.41, 5.74) is 4.81. The lowest BCUT2D eigenvalue weighted by molar-refractivity contribution is -0.116. The first kappa shape index (κ1) is 25.2. The Balaban J connectivity index is 1.26. The first-order valence-corrected chi connectivity index (χ1v) is 14.5. The molecule has 0 bridgehead atoms. The number of thioether (sulfide) groups is 1. The summed E-state index contributed by atoms with van der Waals surface area (Å²) in [6.45, 7) is 0.471. The van der Waals surface area contributed by atoms with Crippen LogP contribution in [-0.2, 0) is 17.2 Å². The largest absolute Gasteiger partial charge is 0.489 e. The van der Waals surface area contributed by atoms with Crippen LogP contribution in [0.4, 0.5) is 5.95 Å². The maximum absolute atomic E-state index is 13.1. The van der Waals surface area contributed by atoms with E-state index in [2.05, 4.69) is 21.2 Å². The molecule has 2 aliphatic rings. The molecule has 1 unspecified atom stereocenters. The highest BCUT2D eigenvalue weighted by molar-refractivity contribution is 9.10. The highest BCUT2D eigenvalue weighted by Gasteiger charge is 2.36. The van der Waals surface area contributed by atoms with E-state index in [0.29, 0.717) is 29.9 Å². The van der Waals surface area contributed by atoms with Gasteiger partial charge in [0.2, 0.25) is 11.1 Å². The van der Waals surface area contributed by atoms with Crippen molar-refractivity contribution in [3.63, 3.8) is 0 Å². The molecule has 192 valence electrons. The van der Waals surface area contributed by atoms with Crippen LogP contribution in [0, 0.1) is 0 Å². The number of hydrogen-bond donors (Lipinski definition) is 1. The number of carbonyl (C=O) groups excluding carboxylic acids is 1. The molecular weight excluding hydrogens is 584 g/mol. The van der Waals surface area contributed by atoms with Gasteiger partial charge in [0.05, 0.1) is 0 Å². The summed E-state index contributed by atoms with van der Waals surface area (Å²) in [4.78, 5) is 17.9. The van der Waals surface area contributed by atoms with E-state index >= 15 is 0 Å². The zero-order valence-electron chi connectivity index (χ0n) is 20.4. The Labute approximate surface area is 238 Å². The number of fused-ring (bicyclic) bond motifs is 1.